The first-order chi connectivity index (χ1) is 9.49. The number of rotatable bonds is 6. The van der Waals surface area contributed by atoms with Crippen molar-refractivity contribution in [2.24, 2.45) is 0 Å². The normalized spacial score (nSPS) is 13.0. The van der Waals surface area contributed by atoms with Crippen molar-refractivity contribution in [3.05, 3.63) is 53.4 Å². The molecular weight excluding hydrogens is 298 g/mol. The van der Waals surface area contributed by atoms with Gasteiger partial charge in [-0.1, -0.05) is 36.4 Å². The third kappa shape index (κ3) is 3.66. The van der Waals surface area contributed by atoms with Gasteiger partial charge in [0.2, 0.25) is 0 Å². The molecule has 20 heavy (non-hydrogen) atoms. The molecule has 0 fully saturated rings. The van der Waals surface area contributed by atoms with Crippen LogP contribution in [0.3, 0.4) is 0 Å². The summed E-state index contributed by atoms with van der Waals surface area (Å²) in [5.74, 6) is -1.31. The van der Waals surface area contributed by atoms with Crippen molar-refractivity contribution in [2.75, 3.05) is 0 Å². The van der Waals surface area contributed by atoms with Crippen LogP contribution in [-0.4, -0.2) is 14.4 Å². The van der Waals surface area contributed by atoms with Crippen LogP contribution in [-0.2, 0) is 14.8 Å². The molecule has 0 aliphatic carbocycles. The highest BCUT2D eigenvalue weighted by molar-refractivity contribution is 7.91. The minimum Gasteiger partial charge on any atom is -0.550 e. The van der Waals surface area contributed by atoms with Crippen molar-refractivity contribution in [1.29, 1.82) is 0 Å². The van der Waals surface area contributed by atoms with Crippen LogP contribution in [0.5, 0.6) is 0 Å². The molecule has 0 aliphatic rings. The number of thiophene rings is 1. The Morgan fingerprint density at radius 3 is 2.45 bits per heavy atom. The Balaban J connectivity index is 2.27. The minimum atomic E-state index is -3.73. The van der Waals surface area contributed by atoms with Crippen LogP contribution in [0, 0.1) is 0 Å². The van der Waals surface area contributed by atoms with Gasteiger partial charge >= 0.3 is 0 Å². The molecule has 1 N–H and O–H groups in total. The predicted octanol–water partition coefficient (Wildman–Crippen LogP) is 0.908. The summed E-state index contributed by atoms with van der Waals surface area (Å²) in [5.41, 5.74) is 0.580. The second-order valence-electron chi connectivity index (χ2n) is 4.09. The molecule has 1 aromatic heterocycles. The molecule has 106 valence electrons. The number of aliphatic carboxylic acids is 1. The summed E-state index contributed by atoms with van der Waals surface area (Å²) < 4.78 is 26.8. The zero-order valence-corrected chi connectivity index (χ0v) is 12.0. The van der Waals surface area contributed by atoms with E-state index in [0.29, 0.717) is 5.56 Å². The predicted molar refractivity (Wildman–Crippen MR) is 73.4 cm³/mol. The molecule has 2 rings (SSSR count). The fourth-order valence-corrected chi connectivity index (χ4v) is 3.98. The average molecular weight is 310 g/mol. The smallest absolute Gasteiger partial charge is 0.250 e. The van der Waals surface area contributed by atoms with Gasteiger partial charge in [0.15, 0.2) is 0 Å². The van der Waals surface area contributed by atoms with Gasteiger partial charge in [-0.3, -0.25) is 0 Å². The summed E-state index contributed by atoms with van der Waals surface area (Å²) in [5, 5.41) is 12.5. The zero-order chi connectivity index (χ0) is 14.6. The summed E-state index contributed by atoms with van der Waals surface area (Å²) >= 11 is 1.07. The van der Waals surface area contributed by atoms with E-state index in [-0.39, 0.29) is 4.21 Å². The standard InChI is InChI=1S/C13H13NO4S2/c15-12(16)9-11(10-5-2-1-3-6-10)14-20(17,18)13-7-4-8-19-13/h1-8,11,14H,9H2,(H,15,16)/p-1/t11-/m1/s1. The number of hydrogen-bond donors (Lipinski definition) is 1. The number of sulfonamides is 1. The van der Waals surface area contributed by atoms with E-state index in [2.05, 4.69) is 4.72 Å². The third-order valence-corrected chi connectivity index (χ3v) is 5.50. The quantitative estimate of drug-likeness (QED) is 0.859. The van der Waals surface area contributed by atoms with E-state index in [0.717, 1.165) is 11.3 Å². The SMILES string of the molecule is O=C([O-])C[C@@H](NS(=O)(=O)c1cccs1)c1ccccc1. The number of hydrogen-bond acceptors (Lipinski definition) is 5. The average Bonchev–Trinajstić information content (AvgIpc) is 2.93. The second kappa shape index (κ2) is 6.17. The van der Waals surface area contributed by atoms with Crippen LogP contribution in [0.15, 0.2) is 52.1 Å². The highest BCUT2D eigenvalue weighted by Gasteiger charge is 2.22. The fourth-order valence-electron chi connectivity index (χ4n) is 1.74. The molecule has 1 atom stereocenters. The van der Waals surface area contributed by atoms with Crippen LogP contribution in [0.1, 0.15) is 18.0 Å². The van der Waals surface area contributed by atoms with Crippen molar-refractivity contribution in [2.45, 2.75) is 16.7 Å². The maximum absolute atomic E-state index is 12.1. The number of carboxylic acid groups (broad SMARTS) is 1. The first-order valence-electron chi connectivity index (χ1n) is 5.79. The molecule has 2 aromatic rings. The van der Waals surface area contributed by atoms with Gasteiger partial charge in [-0.05, 0) is 17.0 Å². The van der Waals surface area contributed by atoms with E-state index in [1.165, 1.54) is 6.07 Å². The van der Waals surface area contributed by atoms with E-state index in [1.54, 1.807) is 41.8 Å². The Labute approximate surface area is 120 Å². The maximum Gasteiger partial charge on any atom is 0.250 e. The van der Waals surface area contributed by atoms with Crippen LogP contribution < -0.4 is 9.83 Å². The topological polar surface area (TPSA) is 86.3 Å². The largest absolute Gasteiger partial charge is 0.550 e. The van der Waals surface area contributed by atoms with E-state index < -0.39 is 28.5 Å². The molecular formula is C13H12NO4S2-. The molecule has 0 amide bonds. The van der Waals surface area contributed by atoms with Gasteiger partial charge < -0.3 is 9.90 Å². The van der Waals surface area contributed by atoms with Crippen LogP contribution in [0.25, 0.3) is 0 Å². The molecule has 7 heteroatoms. The van der Waals surface area contributed by atoms with E-state index in [4.69, 9.17) is 0 Å². The lowest BCUT2D eigenvalue weighted by Gasteiger charge is -2.19. The Morgan fingerprint density at radius 2 is 1.90 bits per heavy atom. The fraction of sp³-hybridized carbons (Fsp3) is 0.154. The molecule has 0 saturated heterocycles. The van der Waals surface area contributed by atoms with Crippen molar-refractivity contribution >= 4 is 27.3 Å². The molecule has 0 radical (unpaired) electrons. The van der Waals surface area contributed by atoms with Crippen molar-refractivity contribution in [3.8, 4) is 0 Å². The lowest BCUT2D eigenvalue weighted by Crippen LogP contribution is -2.34. The molecule has 0 unspecified atom stereocenters. The number of carbonyl (C=O) groups is 1. The summed E-state index contributed by atoms with van der Waals surface area (Å²) in [6, 6.07) is 10.8. The van der Waals surface area contributed by atoms with E-state index >= 15 is 0 Å². The summed E-state index contributed by atoms with van der Waals surface area (Å²) in [6.45, 7) is 0. The Hall–Kier alpha value is -1.70. The first-order valence-corrected chi connectivity index (χ1v) is 8.16. The Morgan fingerprint density at radius 1 is 1.20 bits per heavy atom. The number of benzene rings is 1. The summed E-state index contributed by atoms with van der Waals surface area (Å²) in [4.78, 5) is 10.8. The molecule has 1 heterocycles. The lowest BCUT2D eigenvalue weighted by molar-refractivity contribution is -0.306. The van der Waals surface area contributed by atoms with Crippen molar-refractivity contribution in [3.63, 3.8) is 0 Å². The van der Waals surface area contributed by atoms with Gasteiger partial charge in [-0.25, -0.2) is 13.1 Å². The molecule has 0 spiro atoms. The van der Waals surface area contributed by atoms with Crippen molar-refractivity contribution in [1.82, 2.24) is 4.72 Å². The third-order valence-electron chi connectivity index (χ3n) is 2.63. The van der Waals surface area contributed by atoms with Gasteiger partial charge in [0.1, 0.15) is 4.21 Å². The second-order valence-corrected chi connectivity index (χ2v) is 6.98. The molecule has 1 aromatic carbocycles. The number of carbonyl (C=O) groups excluding carboxylic acids is 1. The molecule has 0 saturated carbocycles. The van der Waals surface area contributed by atoms with Gasteiger partial charge in [0, 0.05) is 12.4 Å². The summed E-state index contributed by atoms with van der Waals surface area (Å²) in [7, 11) is -3.73. The van der Waals surface area contributed by atoms with E-state index in [9.17, 15) is 18.3 Å². The van der Waals surface area contributed by atoms with Gasteiger partial charge in [0.05, 0.1) is 6.04 Å². The molecule has 5 nitrogen and oxygen atoms in total. The highest BCUT2D eigenvalue weighted by atomic mass is 32.2. The van der Waals surface area contributed by atoms with Gasteiger partial charge in [-0.15, -0.1) is 11.3 Å². The number of nitrogens with one attached hydrogen (secondary N) is 1. The van der Waals surface area contributed by atoms with Crippen LogP contribution in [0.4, 0.5) is 0 Å². The zero-order valence-electron chi connectivity index (χ0n) is 10.4. The molecule has 0 aliphatic heterocycles. The van der Waals surface area contributed by atoms with Crippen LogP contribution in [0.2, 0.25) is 0 Å². The summed E-state index contributed by atoms with van der Waals surface area (Å²) in [6.07, 6.45) is -0.422. The first kappa shape index (κ1) is 14.7. The lowest BCUT2D eigenvalue weighted by atomic mass is 10.1. The van der Waals surface area contributed by atoms with Crippen LogP contribution >= 0.6 is 11.3 Å². The van der Waals surface area contributed by atoms with Gasteiger partial charge in [0.25, 0.3) is 10.0 Å². The monoisotopic (exact) mass is 310 g/mol. The van der Waals surface area contributed by atoms with E-state index in [1.807, 2.05) is 0 Å². The van der Waals surface area contributed by atoms with Gasteiger partial charge in [-0.2, -0.15) is 0 Å². The molecule has 0 bridgehead atoms. The number of carboxylic acids is 1. The minimum absolute atomic E-state index is 0.150. The Bertz CT molecular complexity index is 666. The highest BCUT2D eigenvalue weighted by Crippen LogP contribution is 2.22. The Kier molecular flexibility index (Phi) is 4.53. The maximum atomic E-state index is 12.1. The van der Waals surface area contributed by atoms with Crippen molar-refractivity contribution < 1.29 is 18.3 Å².